The second-order valence-corrected chi connectivity index (χ2v) is 11.8. The van der Waals surface area contributed by atoms with E-state index in [0.29, 0.717) is 5.41 Å². The van der Waals surface area contributed by atoms with Crippen molar-refractivity contribution in [3.05, 3.63) is 11.6 Å². The fraction of sp³-hybridized carbons (Fsp3) is 0.926. The number of allylic oxidation sites excluding steroid dienone is 1. The van der Waals surface area contributed by atoms with Crippen molar-refractivity contribution >= 4 is 0 Å². The molecule has 0 unspecified atom stereocenters. The molecule has 0 spiro atoms. The normalized spacial score (nSPS) is 46.3. The van der Waals surface area contributed by atoms with Crippen molar-refractivity contribution in [3.8, 4) is 0 Å². The molecule has 0 heterocycles. The van der Waals surface area contributed by atoms with Gasteiger partial charge in [-0.3, -0.25) is 0 Å². The third-order valence-electron chi connectivity index (χ3n) is 10.3. The van der Waals surface area contributed by atoms with Gasteiger partial charge in [0.05, 0.1) is 11.7 Å². The summed E-state index contributed by atoms with van der Waals surface area (Å²) in [4.78, 5) is 0. The van der Waals surface area contributed by atoms with E-state index in [-0.39, 0.29) is 6.10 Å². The van der Waals surface area contributed by atoms with E-state index >= 15 is 0 Å². The zero-order chi connectivity index (χ0) is 20.8. The molecule has 4 aliphatic carbocycles. The minimum Gasteiger partial charge on any atom is -0.393 e. The first-order valence-electron chi connectivity index (χ1n) is 12.9. The molecule has 2 nitrogen and oxygen atoms in total. The predicted molar refractivity (Wildman–Crippen MR) is 121 cm³/mol. The largest absolute Gasteiger partial charge is 0.393 e. The van der Waals surface area contributed by atoms with E-state index in [4.69, 9.17) is 0 Å². The number of rotatable bonds is 6. The molecule has 0 saturated heterocycles. The fourth-order valence-corrected chi connectivity index (χ4v) is 8.58. The molecular weight excluding hydrogens is 356 g/mol. The number of fused-ring (bicyclic) bond motifs is 5. The highest BCUT2D eigenvalue weighted by atomic mass is 16.3. The lowest BCUT2D eigenvalue weighted by Gasteiger charge is -2.55. The van der Waals surface area contributed by atoms with Gasteiger partial charge in [0.25, 0.3) is 0 Å². The van der Waals surface area contributed by atoms with Crippen LogP contribution < -0.4 is 0 Å². The number of aliphatic hydroxyl groups is 2. The summed E-state index contributed by atoms with van der Waals surface area (Å²) in [5, 5.41) is 20.5. The van der Waals surface area contributed by atoms with Gasteiger partial charge in [0.15, 0.2) is 0 Å². The van der Waals surface area contributed by atoms with Crippen molar-refractivity contribution < 1.29 is 10.2 Å². The molecule has 2 N–H and O–H groups in total. The highest BCUT2D eigenvalue weighted by Crippen LogP contribution is 2.65. The molecule has 4 aliphatic rings. The summed E-state index contributed by atoms with van der Waals surface area (Å²) in [5.74, 6) is 5.14. The second-order valence-electron chi connectivity index (χ2n) is 11.8. The van der Waals surface area contributed by atoms with Crippen molar-refractivity contribution in [2.45, 2.75) is 116 Å². The smallest absolute Gasteiger partial charge is 0.0682 e. The molecule has 0 aliphatic heterocycles. The Hall–Kier alpha value is -0.340. The molecule has 3 fully saturated rings. The minimum absolute atomic E-state index is 0.145. The summed E-state index contributed by atoms with van der Waals surface area (Å²) in [7, 11) is 0. The second kappa shape index (κ2) is 8.30. The van der Waals surface area contributed by atoms with Crippen LogP contribution in [0.4, 0.5) is 0 Å². The van der Waals surface area contributed by atoms with Crippen LogP contribution in [0.3, 0.4) is 0 Å². The Morgan fingerprint density at radius 2 is 1.86 bits per heavy atom. The molecule has 2 heteroatoms. The van der Waals surface area contributed by atoms with Crippen molar-refractivity contribution in [3.63, 3.8) is 0 Å². The van der Waals surface area contributed by atoms with E-state index in [9.17, 15) is 10.2 Å². The number of hydrogen-bond donors (Lipinski definition) is 2. The molecule has 166 valence electrons. The van der Waals surface area contributed by atoms with Crippen LogP contribution in [-0.4, -0.2) is 21.9 Å². The van der Waals surface area contributed by atoms with E-state index in [1.165, 1.54) is 51.4 Å². The van der Waals surface area contributed by atoms with Crippen molar-refractivity contribution in [1.82, 2.24) is 0 Å². The van der Waals surface area contributed by atoms with Crippen LogP contribution in [0.1, 0.15) is 105 Å². The van der Waals surface area contributed by atoms with Gasteiger partial charge in [0, 0.05) is 0 Å². The Morgan fingerprint density at radius 1 is 1.07 bits per heavy atom. The Morgan fingerprint density at radius 3 is 2.59 bits per heavy atom. The van der Waals surface area contributed by atoms with E-state index < -0.39 is 5.60 Å². The molecule has 29 heavy (non-hydrogen) atoms. The van der Waals surface area contributed by atoms with Gasteiger partial charge in [0.1, 0.15) is 0 Å². The van der Waals surface area contributed by atoms with E-state index in [1.807, 2.05) is 6.92 Å². The average molecular weight is 403 g/mol. The summed E-state index contributed by atoms with van der Waals surface area (Å²) in [5.41, 5.74) is 1.74. The molecule has 4 rings (SSSR count). The quantitative estimate of drug-likeness (QED) is 0.498. The van der Waals surface area contributed by atoms with Crippen LogP contribution in [0, 0.1) is 40.9 Å². The topological polar surface area (TPSA) is 40.5 Å². The molecule has 0 bridgehead atoms. The fourth-order valence-electron chi connectivity index (χ4n) is 8.58. The van der Waals surface area contributed by atoms with Crippen molar-refractivity contribution in [2.24, 2.45) is 40.9 Å². The summed E-state index contributed by atoms with van der Waals surface area (Å²) in [6.07, 6.45) is 16.9. The lowest BCUT2D eigenvalue weighted by Crippen LogP contribution is -2.48. The molecule has 0 radical (unpaired) electrons. The Balaban J connectivity index is 1.45. The Bertz CT molecular complexity index is 610. The lowest BCUT2D eigenvalue weighted by molar-refractivity contribution is -0.0461. The first-order valence-corrected chi connectivity index (χ1v) is 12.9. The monoisotopic (exact) mass is 402 g/mol. The highest BCUT2D eigenvalue weighted by molar-refractivity contribution is 5.22. The zero-order valence-electron chi connectivity index (χ0n) is 19.5. The molecule has 0 amide bonds. The van der Waals surface area contributed by atoms with Gasteiger partial charge in [-0.25, -0.2) is 0 Å². The van der Waals surface area contributed by atoms with Crippen LogP contribution in [0.5, 0.6) is 0 Å². The SMILES string of the molecule is CC[C@]1(O)CC[C@H]2C(=CC[C@@H]3[C@@H]2CC[C@]2(C)[C@@H]([C@H](C)CCC[C@@H](C)O)CC[C@@H]32)C1. The summed E-state index contributed by atoms with van der Waals surface area (Å²) in [6, 6.07) is 0. The maximum atomic E-state index is 10.9. The molecule has 0 aromatic heterocycles. The van der Waals surface area contributed by atoms with Crippen LogP contribution in [-0.2, 0) is 0 Å². The van der Waals surface area contributed by atoms with Gasteiger partial charge < -0.3 is 10.2 Å². The van der Waals surface area contributed by atoms with E-state index in [2.05, 4.69) is 26.8 Å². The minimum atomic E-state index is -0.418. The maximum Gasteiger partial charge on any atom is 0.0682 e. The van der Waals surface area contributed by atoms with Gasteiger partial charge in [-0.1, -0.05) is 45.3 Å². The molecule has 3 saturated carbocycles. The summed E-state index contributed by atoms with van der Waals surface area (Å²) in [6.45, 7) is 9.22. The van der Waals surface area contributed by atoms with Gasteiger partial charge in [-0.15, -0.1) is 0 Å². The van der Waals surface area contributed by atoms with Crippen LogP contribution in [0.2, 0.25) is 0 Å². The van der Waals surface area contributed by atoms with Crippen LogP contribution in [0.25, 0.3) is 0 Å². The molecular formula is C27H46O2. The molecule has 9 atom stereocenters. The Labute approximate surface area is 179 Å². The zero-order valence-corrected chi connectivity index (χ0v) is 19.5. The first-order chi connectivity index (χ1) is 13.8. The summed E-state index contributed by atoms with van der Waals surface area (Å²) >= 11 is 0. The van der Waals surface area contributed by atoms with Crippen molar-refractivity contribution in [1.29, 1.82) is 0 Å². The summed E-state index contributed by atoms with van der Waals surface area (Å²) < 4.78 is 0. The van der Waals surface area contributed by atoms with Crippen molar-refractivity contribution in [2.75, 3.05) is 0 Å². The molecule has 0 aromatic carbocycles. The third kappa shape index (κ3) is 3.98. The van der Waals surface area contributed by atoms with Gasteiger partial charge in [-0.2, -0.15) is 0 Å². The van der Waals surface area contributed by atoms with Crippen LogP contribution >= 0.6 is 0 Å². The average Bonchev–Trinajstić information content (AvgIpc) is 3.04. The van der Waals surface area contributed by atoms with E-state index in [0.717, 1.165) is 61.2 Å². The maximum absolute atomic E-state index is 10.9. The molecule has 0 aromatic rings. The van der Waals surface area contributed by atoms with Gasteiger partial charge in [-0.05, 0) is 112 Å². The Kier molecular flexibility index (Phi) is 6.26. The third-order valence-corrected chi connectivity index (χ3v) is 10.3. The number of aliphatic hydroxyl groups excluding tert-OH is 1. The standard InChI is InChI=1S/C27H46O2/c1-5-27(29)16-14-21-20(17-27)9-10-23-22(21)13-15-26(4)24(11-12-25(23)26)18(2)7-6-8-19(3)28/h9,18-19,21-25,28-29H,5-8,10-17H2,1-4H3/t18-,19-,21+,22-,23-,24-,25+,26-,27+/m1/s1. The highest BCUT2D eigenvalue weighted by Gasteiger charge is 2.57. The van der Waals surface area contributed by atoms with Crippen LogP contribution in [0.15, 0.2) is 11.6 Å². The lowest BCUT2D eigenvalue weighted by atomic mass is 9.50. The number of hydrogen-bond acceptors (Lipinski definition) is 2. The predicted octanol–water partition coefficient (Wildman–Crippen LogP) is 6.50. The van der Waals surface area contributed by atoms with E-state index in [1.54, 1.807) is 5.57 Å². The van der Waals surface area contributed by atoms with Gasteiger partial charge in [0.2, 0.25) is 0 Å². The first kappa shape index (κ1) is 21.9. The van der Waals surface area contributed by atoms with Gasteiger partial charge >= 0.3 is 0 Å².